The Hall–Kier alpha value is 0.260. The molecule has 1 aliphatic carbocycles. The molecule has 3 nitrogen and oxygen atoms in total. The van der Waals surface area contributed by atoms with Gasteiger partial charge in [0.1, 0.15) is 9.84 Å². The fourth-order valence-electron chi connectivity index (χ4n) is 1.91. The maximum Gasteiger partial charge on any atom is 0.147 e. The van der Waals surface area contributed by atoms with Crippen molar-refractivity contribution in [1.82, 2.24) is 0 Å². The largest absolute Gasteiger partial charge is 0.392 e. The van der Waals surface area contributed by atoms with E-state index in [2.05, 4.69) is 0 Å². The quantitative estimate of drug-likeness (QED) is 0.797. The highest BCUT2D eigenvalue weighted by Crippen LogP contribution is 2.28. The summed E-state index contributed by atoms with van der Waals surface area (Å²) >= 11 is 1.81. The maximum absolute atomic E-state index is 10.9. The van der Waals surface area contributed by atoms with E-state index in [1.165, 1.54) is 38.4 Å². The molecule has 1 atom stereocenters. The highest BCUT2D eigenvalue weighted by atomic mass is 32.2. The van der Waals surface area contributed by atoms with Gasteiger partial charge in [-0.05, 0) is 19.3 Å². The van der Waals surface area contributed by atoms with Gasteiger partial charge in [0.05, 0.1) is 11.9 Å². The summed E-state index contributed by atoms with van der Waals surface area (Å²) < 4.78 is 21.8. The van der Waals surface area contributed by atoms with Gasteiger partial charge in [-0.2, -0.15) is 11.8 Å². The van der Waals surface area contributed by atoms with E-state index in [1.807, 2.05) is 11.8 Å². The average Bonchev–Trinajstić information content (AvgIpc) is 2.24. The first-order chi connectivity index (χ1) is 7.47. The number of aliphatic hydroxyl groups excluding tert-OH is 1. The summed E-state index contributed by atoms with van der Waals surface area (Å²) in [5, 5.41) is 10.3. The Balaban J connectivity index is 2.11. The van der Waals surface area contributed by atoms with Crippen LogP contribution in [0, 0.1) is 0 Å². The molecule has 1 saturated carbocycles. The van der Waals surface area contributed by atoms with Crippen LogP contribution in [0.1, 0.15) is 38.5 Å². The third-order valence-corrected chi connectivity index (χ3v) is 5.40. The Bertz CT molecular complexity index is 282. The van der Waals surface area contributed by atoms with Crippen molar-refractivity contribution in [2.45, 2.75) is 49.9 Å². The third-order valence-electron chi connectivity index (χ3n) is 2.90. The number of thioether (sulfide) groups is 1. The topological polar surface area (TPSA) is 54.4 Å². The SMILES string of the molecule is CS(=O)(=O)CCC(O)CSC1CCCCC1. The first-order valence-electron chi connectivity index (χ1n) is 5.95. The van der Waals surface area contributed by atoms with Crippen LogP contribution in [0.4, 0.5) is 0 Å². The van der Waals surface area contributed by atoms with Gasteiger partial charge in [0, 0.05) is 17.3 Å². The maximum atomic E-state index is 10.9. The van der Waals surface area contributed by atoms with E-state index in [4.69, 9.17) is 0 Å². The van der Waals surface area contributed by atoms with Crippen LogP contribution in [-0.2, 0) is 9.84 Å². The van der Waals surface area contributed by atoms with Gasteiger partial charge in [0.15, 0.2) is 0 Å². The van der Waals surface area contributed by atoms with E-state index in [-0.39, 0.29) is 5.75 Å². The molecular weight excluding hydrogens is 244 g/mol. The molecule has 0 spiro atoms. The van der Waals surface area contributed by atoms with Gasteiger partial charge >= 0.3 is 0 Å². The lowest BCUT2D eigenvalue weighted by atomic mass is 10.0. The van der Waals surface area contributed by atoms with Crippen molar-refractivity contribution in [3.63, 3.8) is 0 Å². The van der Waals surface area contributed by atoms with Crippen molar-refractivity contribution in [3.8, 4) is 0 Å². The first-order valence-corrected chi connectivity index (χ1v) is 9.06. The van der Waals surface area contributed by atoms with E-state index in [9.17, 15) is 13.5 Å². The van der Waals surface area contributed by atoms with E-state index in [0.29, 0.717) is 17.4 Å². The molecule has 0 aromatic rings. The smallest absolute Gasteiger partial charge is 0.147 e. The first kappa shape index (κ1) is 14.3. The van der Waals surface area contributed by atoms with Crippen molar-refractivity contribution in [1.29, 1.82) is 0 Å². The van der Waals surface area contributed by atoms with Gasteiger partial charge in [-0.25, -0.2) is 8.42 Å². The highest BCUT2D eigenvalue weighted by Gasteiger charge is 2.16. The average molecular weight is 266 g/mol. The van der Waals surface area contributed by atoms with Crippen LogP contribution in [0.25, 0.3) is 0 Å². The molecule has 0 aromatic carbocycles. The minimum atomic E-state index is -2.93. The molecule has 0 amide bonds. The Labute approximate surface area is 103 Å². The van der Waals surface area contributed by atoms with Crippen molar-refractivity contribution in [2.24, 2.45) is 0 Å². The second kappa shape index (κ2) is 6.87. The minimum Gasteiger partial charge on any atom is -0.392 e. The van der Waals surface area contributed by atoms with Crippen LogP contribution in [0.3, 0.4) is 0 Å². The number of hydrogen-bond donors (Lipinski definition) is 1. The van der Waals surface area contributed by atoms with Gasteiger partial charge < -0.3 is 5.11 Å². The van der Waals surface area contributed by atoms with Gasteiger partial charge in [0.2, 0.25) is 0 Å². The molecule has 0 aromatic heterocycles. The van der Waals surface area contributed by atoms with Crippen LogP contribution in [0.5, 0.6) is 0 Å². The van der Waals surface area contributed by atoms with Crippen LogP contribution in [0.15, 0.2) is 0 Å². The van der Waals surface area contributed by atoms with Crippen LogP contribution < -0.4 is 0 Å². The fourth-order valence-corrected chi connectivity index (χ4v) is 3.94. The number of rotatable bonds is 6. The molecule has 96 valence electrons. The normalized spacial score (nSPS) is 20.9. The summed E-state index contributed by atoms with van der Waals surface area (Å²) in [7, 11) is -2.93. The number of sulfone groups is 1. The zero-order chi connectivity index (χ0) is 12.0. The van der Waals surface area contributed by atoms with Gasteiger partial charge in [-0.15, -0.1) is 0 Å². The number of aliphatic hydroxyl groups is 1. The molecule has 0 saturated heterocycles. The molecular formula is C11H22O3S2. The molecule has 1 rings (SSSR count). The van der Waals surface area contributed by atoms with Crippen LogP contribution in [0.2, 0.25) is 0 Å². The van der Waals surface area contributed by atoms with Crippen molar-refractivity contribution in [2.75, 3.05) is 17.8 Å². The zero-order valence-corrected chi connectivity index (χ0v) is 11.5. The van der Waals surface area contributed by atoms with Gasteiger partial charge in [-0.1, -0.05) is 19.3 Å². The summed E-state index contributed by atoms with van der Waals surface area (Å²) in [5.74, 6) is 0.777. The predicted molar refractivity (Wildman–Crippen MR) is 69.7 cm³/mol. The Morgan fingerprint density at radius 3 is 2.50 bits per heavy atom. The lowest BCUT2D eigenvalue weighted by Gasteiger charge is -2.22. The molecule has 1 fully saturated rings. The second-order valence-electron chi connectivity index (χ2n) is 4.67. The van der Waals surface area contributed by atoms with E-state index in [1.54, 1.807) is 0 Å². The van der Waals surface area contributed by atoms with Crippen LogP contribution >= 0.6 is 11.8 Å². The molecule has 16 heavy (non-hydrogen) atoms. The minimum absolute atomic E-state index is 0.0966. The van der Waals surface area contributed by atoms with Crippen molar-refractivity contribution >= 4 is 21.6 Å². The monoisotopic (exact) mass is 266 g/mol. The van der Waals surface area contributed by atoms with E-state index < -0.39 is 15.9 Å². The Kier molecular flexibility index (Phi) is 6.15. The van der Waals surface area contributed by atoms with E-state index >= 15 is 0 Å². The van der Waals surface area contributed by atoms with E-state index in [0.717, 1.165) is 0 Å². The molecule has 1 unspecified atom stereocenters. The molecule has 0 bridgehead atoms. The van der Waals surface area contributed by atoms with Crippen molar-refractivity contribution in [3.05, 3.63) is 0 Å². The Morgan fingerprint density at radius 2 is 1.94 bits per heavy atom. The molecule has 0 heterocycles. The lowest BCUT2D eigenvalue weighted by Crippen LogP contribution is -2.18. The lowest BCUT2D eigenvalue weighted by molar-refractivity contribution is 0.196. The summed E-state index contributed by atoms with van der Waals surface area (Å²) in [5.41, 5.74) is 0. The highest BCUT2D eigenvalue weighted by molar-refractivity contribution is 7.99. The summed E-state index contributed by atoms with van der Waals surface area (Å²) in [6.45, 7) is 0. The Morgan fingerprint density at radius 1 is 1.31 bits per heavy atom. The van der Waals surface area contributed by atoms with Gasteiger partial charge in [0.25, 0.3) is 0 Å². The molecule has 1 aliphatic rings. The predicted octanol–water partition coefficient (Wildman–Crippen LogP) is 1.85. The molecule has 0 radical (unpaired) electrons. The molecule has 5 heteroatoms. The molecule has 1 N–H and O–H groups in total. The van der Waals surface area contributed by atoms with Gasteiger partial charge in [-0.3, -0.25) is 0 Å². The third kappa shape index (κ3) is 6.76. The molecule has 0 aliphatic heterocycles. The summed E-state index contributed by atoms with van der Waals surface area (Å²) in [4.78, 5) is 0. The fraction of sp³-hybridized carbons (Fsp3) is 1.00. The summed E-state index contributed by atoms with van der Waals surface area (Å²) in [6, 6.07) is 0. The second-order valence-corrected chi connectivity index (χ2v) is 8.26. The number of hydrogen-bond acceptors (Lipinski definition) is 4. The zero-order valence-electron chi connectivity index (χ0n) is 9.89. The summed E-state index contributed by atoms with van der Waals surface area (Å²) in [6.07, 6.45) is 7.57. The van der Waals surface area contributed by atoms with Crippen molar-refractivity contribution < 1.29 is 13.5 Å². The van der Waals surface area contributed by atoms with Crippen LogP contribution in [-0.4, -0.2) is 42.6 Å². The standard InChI is InChI=1S/C11H22O3S2/c1-16(13,14)8-7-10(12)9-15-11-5-3-2-4-6-11/h10-12H,2-9H2,1H3.